The second kappa shape index (κ2) is 3.52. The maximum Gasteiger partial charge on any atom is 0.0548 e. The number of halogens is 1. The van der Waals surface area contributed by atoms with Crippen molar-refractivity contribution in [3.8, 4) is 10.4 Å². The Bertz CT molecular complexity index is 403. The summed E-state index contributed by atoms with van der Waals surface area (Å²) < 4.78 is 0. The minimum Gasteiger partial charge on any atom is -0.142 e. The highest BCUT2D eigenvalue weighted by molar-refractivity contribution is 7.14. The van der Waals surface area contributed by atoms with Crippen LogP contribution in [0.3, 0.4) is 0 Å². The van der Waals surface area contributed by atoms with Gasteiger partial charge in [-0.1, -0.05) is 41.9 Å². The molecule has 2 heteroatoms. The van der Waals surface area contributed by atoms with Gasteiger partial charge in [-0.3, -0.25) is 0 Å². The van der Waals surface area contributed by atoms with Gasteiger partial charge in [0.2, 0.25) is 0 Å². The first-order chi connectivity index (χ1) is 6.29. The molecule has 1 heterocycles. The molecular formula is C11H9ClS. The Balaban J connectivity index is 2.53. The van der Waals surface area contributed by atoms with Crippen LogP contribution in [0.25, 0.3) is 10.4 Å². The largest absolute Gasteiger partial charge is 0.142 e. The molecule has 0 N–H and O–H groups in total. The summed E-state index contributed by atoms with van der Waals surface area (Å²) in [4.78, 5) is 1.27. The molecular weight excluding hydrogens is 200 g/mol. The summed E-state index contributed by atoms with van der Waals surface area (Å²) in [5.74, 6) is 0. The molecule has 0 spiro atoms. The van der Waals surface area contributed by atoms with Crippen molar-refractivity contribution < 1.29 is 0 Å². The third-order valence-electron chi connectivity index (χ3n) is 2.02. The molecule has 0 nitrogen and oxygen atoms in total. The van der Waals surface area contributed by atoms with E-state index >= 15 is 0 Å². The lowest BCUT2D eigenvalue weighted by Gasteiger charge is -1.98. The second-order valence-electron chi connectivity index (χ2n) is 2.90. The van der Waals surface area contributed by atoms with Crippen LogP contribution in [-0.4, -0.2) is 0 Å². The van der Waals surface area contributed by atoms with Gasteiger partial charge < -0.3 is 0 Å². The predicted octanol–water partition coefficient (Wildman–Crippen LogP) is 4.38. The van der Waals surface area contributed by atoms with E-state index in [1.807, 2.05) is 23.6 Å². The van der Waals surface area contributed by atoms with Crippen LogP contribution in [0.2, 0.25) is 5.02 Å². The third kappa shape index (κ3) is 1.62. The quantitative estimate of drug-likeness (QED) is 0.653. The standard InChI is InChI=1S/C11H9ClS/c1-8-10(12)7-13-11(8)9-5-3-2-4-6-9/h2-7H,1H3. The summed E-state index contributed by atoms with van der Waals surface area (Å²) in [5, 5.41) is 2.85. The zero-order chi connectivity index (χ0) is 9.26. The van der Waals surface area contributed by atoms with Crippen LogP contribution in [0.1, 0.15) is 5.56 Å². The Hall–Kier alpha value is -0.790. The third-order valence-corrected chi connectivity index (χ3v) is 3.67. The smallest absolute Gasteiger partial charge is 0.0548 e. The lowest BCUT2D eigenvalue weighted by atomic mass is 10.1. The first kappa shape index (κ1) is 8.79. The van der Waals surface area contributed by atoms with Crippen molar-refractivity contribution in [2.75, 3.05) is 0 Å². The molecule has 0 aliphatic carbocycles. The minimum absolute atomic E-state index is 0.865. The molecule has 66 valence electrons. The average Bonchev–Trinajstić information content (AvgIpc) is 2.49. The molecule has 0 atom stereocenters. The van der Waals surface area contributed by atoms with Gasteiger partial charge in [0.1, 0.15) is 0 Å². The number of benzene rings is 1. The van der Waals surface area contributed by atoms with Crippen molar-refractivity contribution in [1.29, 1.82) is 0 Å². The van der Waals surface area contributed by atoms with Gasteiger partial charge >= 0.3 is 0 Å². The summed E-state index contributed by atoms with van der Waals surface area (Å²) in [6, 6.07) is 10.3. The van der Waals surface area contributed by atoms with Gasteiger partial charge in [-0.05, 0) is 18.1 Å². The van der Waals surface area contributed by atoms with Gasteiger partial charge in [-0.2, -0.15) is 0 Å². The highest BCUT2D eigenvalue weighted by atomic mass is 35.5. The van der Waals surface area contributed by atoms with Crippen molar-refractivity contribution in [2.24, 2.45) is 0 Å². The van der Waals surface area contributed by atoms with Crippen LogP contribution in [0.4, 0.5) is 0 Å². The van der Waals surface area contributed by atoms with E-state index in [1.165, 1.54) is 16.0 Å². The fraction of sp³-hybridized carbons (Fsp3) is 0.0909. The molecule has 2 rings (SSSR count). The zero-order valence-electron chi connectivity index (χ0n) is 7.25. The lowest BCUT2D eigenvalue weighted by molar-refractivity contribution is 1.54. The number of rotatable bonds is 1. The van der Waals surface area contributed by atoms with Gasteiger partial charge in [0, 0.05) is 10.3 Å². The molecule has 0 aliphatic heterocycles. The molecule has 0 fully saturated rings. The second-order valence-corrected chi connectivity index (χ2v) is 4.19. The van der Waals surface area contributed by atoms with Crippen LogP contribution >= 0.6 is 22.9 Å². The maximum atomic E-state index is 5.99. The predicted molar refractivity (Wildman–Crippen MR) is 59.5 cm³/mol. The van der Waals surface area contributed by atoms with E-state index in [0.29, 0.717) is 0 Å². The number of hydrogen-bond donors (Lipinski definition) is 0. The monoisotopic (exact) mass is 208 g/mol. The molecule has 0 unspecified atom stereocenters. The Morgan fingerprint density at radius 1 is 1.15 bits per heavy atom. The molecule has 1 aromatic heterocycles. The average molecular weight is 209 g/mol. The Morgan fingerprint density at radius 2 is 1.85 bits per heavy atom. The molecule has 0 amide bonds. The van der Waals surface area contributed by atoms with Crippen molar-refractivity contribution in [1.82, 2.24) is 0 Å². The molecule has 0 bridgehead atoms. The van der Waals surface area contributed by atoms with E-state index in [0.717, 1.165) is 5.02 Å². The summed E-state index contributed by atoms with van der Waals surface area (Å²) in [5.41, 5.74) is 2.43. The fourth-order valence-electron chi connectivity index (χ4n) is 1.27. The molecule has 2 aromatic rings. The SMILES string of the molecule is Cc1c(Cl)csc1-c1ccccc1. The molecule has 13 heavy (non-hydrogen) atoms. The first-order valence-electron chi connectivity index (χ1n) is 4.08. The van der Waals surface area contributed by atoms with E-state index in [-0.39, 0.29) is 0 Å². The topological polar surface area (TPSA) is 0 Å². The Labute approximate surface area is 86.8 Å². The molecule has 0 saturated heterocycles. The van der Waals surface area contributed by atoms with Gasteiger partial charge in [0.25, 0.3) is 0 Å². The first-order valence-corrected chi connectivity index (χ1v) is 5.34. The molecule has 1 aromatic carbocycles. The normalized spacial score (nSPS) is 10.3. The van der Waals surface area contributed by atoms with Crippen molar-refractivity contribution >= 4 is 22.9 Å². The summed E-state index contributed by atoms with van der Waals surface area (Å²) >= 11 is 7.69. The van der Waals surface area contributed by atoms with Crippen LogP contribution in [0.15, 0.2) is 35.7 Å². The summed E-state index contributed by atoms with van der Waals surface area (Å²) in [6.45, 7) is 2.06. The van der Waals surface area contributed by atoms with Gasteiger partial charge in [0.15, 0.2) is 0 Å². The van der Waals surface area contributed by atoms with Crippen LogP contribution in [-0.2, 0) is 0 Å². The van der Waals surface area contributed by atoms with Gasteiger partial charge in [0.05, 0.1) is 5.02 Å². The van der Waals surface area contributed by atoms with E-state index in [9.17, 15) is 0 Å². The minimum atomic E-state index is 0.865. The lowest BCUT2D eigenvalue weighted by Crippen LogP contribution is -1.74. The van der Waals surface area contributed by atoms with E-state index in [4.69, 9.17) is 11.6 Å². The highest BCUT2D eigenvalue weighted by Crippen LogP contribution is 2.34. The van der Waals surface area contributed by atoms with Gasteiger partial charge in [-0.25, -0.2) is 0 Å². The summed E-state index contributed by atoms with van der Waals surface area (Å²) in [6.07, 6.45) is 0. The maximum absolute atomic E-state index is 5.99. The summed E-state index contributed by atoms with van der Waals surface area (Å²) in [7, 11) is 0. The van der Waals surface area contributed by atoms with E-state index in [1.54, 1.807) is 11.3 Å². The van der Waals surface area contributed by atoms with Gasteiger partial charge in [-0.15, -0.1) is 11.3 Å². The number of thiophene rings is 1. The molecule has 0 radical (unpaired) electrons. The number of hydrogen-bond acceptors (Lipinski definition) is 1. The Kier molecular flexibility index (Phi) is 2.38. The fourth-order valence-corrected chi connectivity index (χ4v) is 2.51. The Morgan fingerprint density at radius 3 is 2.38 bits per heavy atom. The van der Waals surface area contributed by atoms with Crippen molar-refractivity contribution in [3.63, 3.8) is 0 Å². The van der Waals surface area contributed by atoms with Crippen LogP contribution in [0, 0.1) is 6.92 Å². The van der Waals surface area contributed by atoms with E-state index in [2.05, 4.69) is 19.1 Å². The van der Waals surface area contributed by atoms with E-state index < -0.39 is 0 Å². The molecule has 0 aliphatic rings. The molecule has 0 saturated carbocycles. The van der Waals surface area contributed by atoms with Crippen molar-refractivity contribution in [2.45, 2.75) is 6.92 Å². The zero-order valence-corrected chi connectivity index (χ0v) is 8.82. The van der Waals surface area contributed by atoms with Crippen molar-refractivity contribution in [3.05, 3.63) is 46.3 Å². The highest BCUT2D eigenvalue weighted by Gasteiger charge is 2.06. The van der Waals surface area contributed by atoms with Crippen LogP contribution in [0.5, 0.6) is 0 Å². The van der Waals surface area contributed by atoms with Crippen LogP contribution < -0.4 is 0 Å².